The number of aromatic carboxylic acids is 1. The van der Waals surface area contributed by atoms with Crippen molar-refractivity contribution in [1.82, 2.24) is 0 Å². The molecule has 0 heterocycles. The van der Waals surface area contributed by atoms with Crippen LogP contribution in [0.25, 0.3) is 11.1 Å². The van der Waals surface area contributed by atoms with E-state index in [-0.39, 0.29) is 29.5 Å². The van der Waals surface area contributed by atoms with Crippen molar-refractivity contribution >= 4 is 17.7 Å². The molecule has 0 atom stereocenters. The number of carbonyl (C=O) groups is 2. The molecule has 7 heteroatoms. The molecule has 0 saturated heterocycles. The molecule has 0 aliphatic heterocycles. The molecule has 0 fully saturated rings. The summed E-state index contributed by atoms with van der Waals surface area (Å²) in [7, 11) is 2.78. The first-order valence-electron chi connectivity index (χ1n) is 9.64. The molecule has 2 N–H and O–H groups in total. The summed E-state index contributed by atoms with van der Waals surface area (Å²) in [6, 6.07) is 18.9. The van der Waals surface area contributed by atoms with E-state index in [0.29, 0.717) is 5.75 Å². The van der Waals surface area contributed by atoms with Gasteiger partial charge in [-0.25, -0.2) is 9.59 Å². The van der Waals surface area contributed by atoms with E-state index in [1.807, 2.05) is 36.4 Å². The smallest absolute Gasteiger partial charge is 0.411 e. The highest BCUT2D eigenvalue weighted by atomic mass is 16.5. The van der Waals surface area contributed by atoms with Crippen LogP contribution in [-0.4, -0.2) is 38.0 Å². The van der Waals surface area contributed by atoms with Crippen molar-refractivity contribution in [2.24, 2.45) is 0 Å². The Labute approximate surface area is 179 Å². The van der Waals surface area contributed by atoms with Crippen molar-refractivity contribution in [2.45, 2.75) is 5.92 Å². The first kappa shape index (κ1) is 20.3. The van der Waals surface area contributed by atoms with E-state index >= 15 is 0 Å². The van der Waals surface area contributed by atoms with E-state index in [0.717, 1.165) is 22.3 Å². The van der Waals surface area contributed by atoms with Gasteiger partial charge in [0.15, 0.2) is 0 Å². The number of carboxylic acid groups (broad SMARTS) is 1. The molecular weight excluding hydrogens is 398 g/mol. The quantitative estimate of drug-likeness (QED) is 0.598. The van der Waals surface area contributed by atoms with Crippen LogP contribution in [0.15, 0.2) is 60.7 Å². The highest BCUT2D eigenvalue weighted by molar-refractivity contribution is 6.01. The molecule has 0 aromatic heterocycles. The lowest BCUT2D eigenvalue weighted by atomic mass is 9.98. The summed E-state index contributed by atoms with van der Waals surface area (Å²) >= 11 is 0. The van der Waals surface area contributed by atoms with Crippen LogP contribution in [0.2, 0.25) is 0 Å². The Hall–Kier alpha value is -4.00. The van der Waals surface area contributed by atoms with Crippen molar-refractivity contribution in [1.29, 1.82) is 0 Å². The Kier molecular flexibility index (Phi) is 5.49. The normalized spacial score (nSPS) is 11.9. The van der Waals surface area contributed by atoms with Crippen LogP contribution in [0.3, 0.4) is 0 Å². The zero-order valence-corrected chi connectivity index (χ0v) is 17.0. The summed E-state index contributed by atoms with van der Waals surface area (Å²) in [6.07, 6.45) is -0.764. The molecule has 0 saturated carbocycles. The summed E-state index contributed by atoms with van der Waals surface area (Å²) in [5.41, 5.74) is 4.27. The summed E-state index contributed by atoms with van der Waals surface area (Å²) in [6.45, 7) is 0.114. The second kappa shape index (κ2) is 8.39. The highest BCUT2D eigenvalue weighted by Crippen LogP contribution is 2.44. The lowest BCUT2D eigenvalue weighted by Gasteiger charge is -2.16. The minimum absolute atomic E-state index is 0.0286. The van der Waals surface area contributed by atoms with Crippen LogP contribution in [0.1, 0.15) is 27.4 Å². The van der Waals surface area contributed by atoms with Crippen LogP contribution in [0.5, 0.6) is 11.5 Å². The van der Waals surface area contributed by atoms with Crippen molar-refractivity contribution in [2.75, 3.05) is 26.1 Å². The highest BCUT2D eigenvalue weighted by Gasteiger charge is 2.29. The largest absolute Gasteiger partial charge is 0.497 e. The Morgan fingerprint density at radius 3 is 2.10 bits per heavy atom. The Morgan fingerprint density at radius 2 is 1.55 bits per heavy atom. The number of methoxy groups -OCH3 is 2. The predicted octanol–water partition coefficient (Wildman–Crippen LogP) is 4.76. The van der Waals surface area contributed by atoms with Gasteiger partial charge >= 0.3 is 12.1 Å². The van der Waals surface area contributed by atoms with Crippen LogP contribution >= 0.6 is 0 Å². The average Bonchev–Trinajstić information content (AvgIpc) is 3.10. The number of rotatable bonds is 6. The lowest BCUT2D eigenvalue weighted by Crippen LogP contribution is -2.19. The van der Waals surface area contributed by atoms with Gasteiger partial charge < -0.3 is 19.3 Å². The molecule has 1 aliphatic carbocycles. The van der Waals surface area contributed by atoms with Crippen molar-refractivity contribution < 1.29 is 28.9 Å². The number of hydrogen-bond donors (Lipinski definition) is 2. The van der Waals surface area contributed by atoms with Crippen LogP contribution in [0.4, 0.5) is 10.5 Å². The van der Waals surface area contributed by atoms with Gasteiger partial charge in [0.1, 0.15) is 23.7 Å². The monoisotopic (exact) mass is 419 g/mol. The molecule has 31 heavy (non-hydrogen) atoms. The van der Waals surface area contributed by atoms with Gasteiger partial charge in [-0.15, -0.1) is 0 Å². The first-order valence-corrected chi connectivity index (χ1v) is 9.64. The molecule has 0 unspecified atom stereocenters. The number of carboxylic acids is 1. The van der Waals surface area contributed by atoms with Gasteiger partial charge in [0.2, 0.25) is 0 Å². The third-order valence-corrected chi connectivity index (χ3v) is 5.33. The SMILES string of the molecule is COc1cc(NC(=O)OCC2c3ccccc3-c3ccccc32)c(C(=O)O)c(OC)c1. The van der Waals surface area contributed by atoms with Gasteiger partial charge in [0, 0.05) is 18.1 Å². The van der Waals surface area contributed by atoms with Crippen LogP contribution < -0.4 is 14.8 Å². The number of carbonyl (C=O) groups excluding carboxylic acids is 1. The zero-order valence-electron chi connectivity index (χ0n) is 17.0. The standard InChI is InChI=1S/C24H21NO6/c1-29-14-11-20(22(23(26)27)21(12-14)30-2)25-24(28)31-13-19-17-9-5-3-7-15(17)16-8-4-6-10-18(16)19/h3-12,19H,13H2,1-2H3,(H,25,28)(H,26,27). The Morgan fingerprint density at radius 1 is 0.935 bits per heavy atom. The molecular formula is C24H21NO6. The lowest BCUT2D eigenvalue weighted by molar-refractivity contribution is 0.0694. The number of anilines is 1. The number of ether oxygens (including phenoxy) is 3. The maximum Gasteiger partial charge on any atom is 0.411 e. The third-order valence-electron chi connectivity index (χ3n) is 5.33. The van der Waals surface area contributed by atoms with Gasteiger partial charge in [0.25, 0.3) is 0 Å². The second-order valence-corrected chi connectivity index (χ2v) is 7.01. The molecule has 0 bridgehead atoms. The number of hydrogen-bond acceptors (Lipinski definition) is 5. The molecule has 7 nitrogen and oxygen atoms in total. The van der Waals surface area contributed by atoms with Gasteiger partial charge in [0.05, 0.1) is 19.9 Å². The molecule has 0 spiro atoms. The fourth-order valence-corrected chi connectivity index (χ4v) is 3.93. The summed E-state index contributed by atoms with van der Waals surface area (Å²) in [4.78, 5) is 24.3. The average molecular weight is 419 g/mol. The fourth-order valence-electron chi connectivity index (χ4n) is 3.93. The van der Waals surface area contributed by atoms with Crippen LogP contribution in [0, 0.1) is 0 Å². The molecule has 3 aromatic carbocycles. The number of nitrogens with one attached hydrogen (secondary N) is 1. The van der Waals surface area contributed by atoms with E-state index < -0.39 is 12.1 Å². The van der Waals surface area contributed by atoms with E-state index in [9.17, 15) is 14.7 Å². The first-order chi connectivity index (χ1) is 15.0. The van der Waals surface area contributed by atoms with E-state index in [4.69, 9.17) is 14.2 Å². The molecule has 1 amide bonds. The van der Waals surface area contributed by atoms with Crippen molar-refractivity contribution in [3.8, 4) is 22.6 Å². The van der Waals surface area contributed by atoms with Crippen molar-refractivity contribution in [3.05, 3.63) is 77.4 Å². The minimum Gasteiger partial charge on any atom is -0.497 e. The summed E-state index contributed by atoms with van der Waals surface area (Å²) in [5.74, 6) is -0.929. The number of fused-ring (bicyclic) bond motifs is 3. The Bertz CT molecular complexity index is 1110. The second-order valence-electron chi connectivity index (χ2n) is 7.01. The maximum atomic E-state index is 12.6. The molecule has 3 aromatic rings. The minimum atomic E-state index is -1.24. The van der Waals surface area contributed by atoms with E-state index in [1.165, 1.54) is 26.4 Å². The van der Waals surface area contributed by atoms with Gasteiger partial charge in [-0.05, 0) is 22.3 Å². The number of benzene rings is 3. The molecule has 1 aliphatic rings. The van der Waals surface area contributed by atoms with Crippen LogP contribution in [-0.2, 0) is 4.74 Å². The molecule has 158 valence electrons. The topological polar surface area (TPSA) is 94.1 Å². The number of amides is 1. The van der Waals surface area contributed by atoms with Gasteiger partial charge in [-0.1, -0.05) is 48.5 Å². The van der Waals surface area contributed by atoms with Gasteiger partial charge in [-0.3, -0.25) is 5.32 Å². The van der Waals surface area contributed by atoms with Crippen molar-refractivity contribution in [3.63, 3.8) is 0 Å². The van der Waals surface area contributed by atoms with E-state index in [2.05, 4.69) is 17.4 Å². The summed E-state index contributed by atoms with van der Waals surface area (Å²) < 4.78 is 15.8. The Balaban J connectivity index is 1.55. The predicted molar refractivity (Wildman–Crippen MR) is 115 cm³/mol. The van der Waals surface area contributed by atoms with Gasteiger partial charge in [-0.2, -0.15) is 0 Å². The molecule has 0 radical (unpaired) electrons. The summed E-state index contributed by atoms with van der Waals surface area (Å²) in [5, 5.41) is 12.1. The maximum absolute atomic E-state index is 12.6. The molecule has 4 rings (SSSR count). The third kappa shape index (κ3) is 3.77. The fraction of sp³-hybridized carbons (Fsp3) is 0.167. The van der Waals surface area contributed by atoms with E-state index in [1.54, 1.807) is 0 Å². The zero-order chi connectivity index (χ0) is 22.0.